The molecule has 2 aliphatic rings. The van der Waals surface area contributed by atoms with Crippen molar-refractivity contribution in [2.45, 2.75) is 44.6 Å². The zero-order chi connectivity index (χ0) is 25.8. The van der Waals surface area contributed by atoms with Gasteiger partial charge in [0.25, 0.3) is 5.91 Å². The summed E-state index contributed by atoms with van der Waals surface area (Å²) < 4.78 is 54.5. The van der Waals surface area contributed by atoms with Crippen molar-refractivity contribution < 1.29 is 27.2 Å². The Balaban J connectivity index is 1.42. The molecular formula is C23H23F4N7O2. The quantitative estimate of drug-likeness (QED) is 0.520. The van der Waals surface area contributed by atoms with E-state index in [1.165, 1.54) is 4.90 Å². The van der Waals surface area contributed by atoms with Crippen molar-refractivity contribution in [3.63, 3.8) is 0 Å². The highest BCUT2D eigenvalue weighted by molar-refractivity contribution is 5.95. The largest absolute Gasteiger partial charge is 0.419 e. The fourth-order valence-corrected chi connectivity index (χ4v) is 4.80. The number of alkyl halides is 3. The molecule has 0 spiro atoms. The zero-order valence-electron chi connectivity index (χ0n) is 19.4. The molecule has 3 aromatic rings. The lowest BCUT2D eigenvalue weighted by atomic mass is 9.99. The van der Waals surface area contributed by atoms with Crippen molar-refractivity contribution in [2.24, 2.45) is 0 Å². The van der Waals surface area contributed by atoms with E-state index in [2.05, 4.69) is 20.6 Å². The number of benzene rings is 1. The Morgan fingerprint density at radius 3 is 2.69 bits per heavy atom. The van der Waals surface area contributed by atoms with Gasteiger partial charge in [-0.3, -0.25) is 14.6 Å². The van der Waals surface area contributed by atoms with Crippen LogP contribution >= 0.6 is 0 Å². The first kappa shape index (κ1) is 23.8. The molecule has 0 saturated carbocycles. The van der Waals surface area contributed by atoms with Crippen molar-refractivity contribution in [1.82, 2.24) is 29.8 Å². The smallest absolute Gasteiger partial charge is 0.340 e. The molecule has 13 heteroatoms. The van der Waals surface area contributed by atoms with Crippen molar-refractivity contribution in [2.75, 3.05) is 18.9 Å². The number of nitrogens with zero attached hydrogens (tertiary/aromatic N) is 5. The summed E-state index contributed by atoms with van der Waals surface area (Å²) in [7, 11) is 1.69. The number of hydrogen-bond acceptors (Lipinski definition) is 4. The molecule has 0 radical (unpaired) electrons. The van der Waals surface area contributed by atoms with E-state index in [4.69, 9.17) is 0 Å². The maximum Gasteiger partial charge on any atom is 0.419 e. The standard InChI is InChI=1S/C23H23F4N7O2/c1-12-7-19-15(11-33(12)22(36)29-14-3-4-17(24)16(8-14)23(25,26)27)20-21(35)32(2)9-13(10-34(20)31-19)18-5-6-28-30-18/h3-6,8,12-13H,7,9-11H2,1-2H3,(H,28,30)(H,29,36)/t12-,13?/m1/s1. The summed E-state index contributed by atoms with van der Waals surface area (Å²) in [6, 6.07) is 3.16. The van der Waals surface area contributed by atoms with E-state index in [0.717, 1.165) is 11.8 Å². The van der Waals surface area contributed by atoms with Gasteiger partial charge in [0.15, 0.2) is 0 Å². The Kier molecular flexibility index (Phi) is 5.72. The summed E-state index contributed by atoms with van der Waals surface area (Å²) >= 11 is 0. The molecule has 1 unspecified atom stereocenters. The number of carbonyl (C=O) groups is 2. The third-order valence-electron chi connectivity index (χ3n) is 6.64. The third kappa shape index (κ3) is 4.18. The van der Waals surface area contributed by atoms with Crippen LogP contribution in [0, 0.1) is 5.82 Å². The van der Waals surface area contributed by atoms with Gasteiger partial charge >= 0.3 is 12.2 Å². The molecule has 0 aliphatic carbocycles. The molecule has 0 bridgehead atoms. The topological polar surface area (TPSA) is 99.1 Å². The maximum absolute atomic E-state index is 13.6. The van der Waals surface area contributed by atoms with E-state index in [1.54, 1.807) is 29.7 Å². The number of halogens is 4. The van der Waals surface area contributed by atoms with Crippen molar-refractivity contribution in [3.05, 3.63) is 64.5 Å². The monoisotopic (exact) mass is 505 g/mol. The first-order valence-electron chi connectivity index (χ1n) is 11.3. The fraction of sp³-hybridized carbons (Fsp3) is 0.391. The number of aromatic amines is 1. The molecular weight excluding hydrogens is 482 g/mol. The number of rotatable bonds is 2. The van der Waals surface area contributed by atoms with Crippen molar-refractivity contribution in [3.8, 4) is 0 Å². The minimum Gasteiger partial charge on any atom is -0.340 e. The van der Waals surface area contributed by atoms with Gasteiger partial charge in [0.1, 0.15) is 11.5 Å². The molecule has 0 fully saturated rings. The lowest BCUT2D eigenvalue weighted by molar-refractivity contribution is -0.139. The Morgan fingerprint density at radius 2 is 2.00 bits per heavy atom. The van der Waals surface area contributed by atoms with Crippen LogP contribution in [0.15, 0.2) is 30.5 Å². The van der Waals surface area contributed by atoms with Gasteiger partial charge in [-0.05, 0) is 31.2 Å². The summed E-state index contributed by atoms with van der Waals surface area (Å²) in [5.41, 5.74) is 0.860. The number of nitrogens with one attached hydrogen (secondary N) is 2. The van der Waals surface area contributed by atoms with Gasteiger partial charge in [-0.25, -0.2) is 9.18 Å². The second-order valence-electron chi connectivity index (χ2n) is 9.14. The van der Waals surface area contributed by atoms with Gasteiger partial charge in [0.05, 0.1) is 30.0 Å². The Hall–Kier alpha value is -3.90. The SMILES string of the molecule is C[C@@H]1Cc2nn3c(c2CN1C(=O)Nc1ccc(F)c(C(F)(F)F)c1)C(=O)N(C)CC(c1cc[nH]n1)C3. The van der Waals surface area contributed by atoms with Crippen LogP contribution in [-0.2, 0) is 25.7 Å². The predicted molar refractivity (Wildman–Crippen MR) is 120 cm³/mol. The Morgan fingerprint density at radius 1 is 1.22 bits per heavy atom. The fourth-order valence-electron chi connectivity index (χ4n) is 4.80. The van der Waals surface area contributed by atoms with Crippen LogP contribution < -0.4 is 5.32 Å². The van der Waals surface area contributed by atoms with Crippen molar-refractivity contribution >= 4 is 17.6 Å². The molecule has 9 nitrogen and oxygen atoms in total. The minimum absolute atomic E-state index is 0.0532. The van der Waals surface area contributed by atoms with Gasteiger partial charge in [-0.2, -0.15) is 23.4 Å². The predicted octanol–water partition coefficient (Wildman–Crippen LogP) is 3.61. The van der Waals surface area contributed by atoms with Crippen LogP contribution in [0.1, 0.15) is 45.8 Å². The number of H-pyrrole nitrogens is 1. The molecule has 1 aromatic carbocycles. The van der Waals surface area contributed by atoms with Gasteiger partial charge in [0, 0.05) is 49.4 Å². The van der Waals surface area contributed by atoms with E-state index in [-0.39, 0.29) is 30.1 Å². The number of hydrogen-bond donors (Lipinski definition) is 2. The number of likely N-dealkylation sites (N-methyl/N-ethyl adjacent to an activating group) is 1. The van der Waals surface area contributed by atoms with E-state index < -0.39 is 23.6 Å². The van der Waals surface area contributed by atoms with Crippen LogP contribution in [0.5, 0.6) is 0 Å². The van der Waals surface area contributed by atoms with Crippen LogP contribution in [0.2, 0.25) is 0 Å². The summed E-state index contributed by atoms with van der Waals surface area (Å²) in [5, 5.41) is 14.1. The van der Waals surface area contributed by atoms with E-state index in [1.807, 2.05) is 6.07 Å². The van der Waals surface area contributed by atoms with Crippen LogP contribution in [0.3, 0.4) is 0 Å². The van der Waals surface area contributed by atoms with Gasteiger partial charge in [-0.15, -0.1) is 0 Å². The number of anilines is 1. The summed E-state index contributed by atoms with van der Waals surface area (Å²) in [6.45, 7) is 2.71. The normalized spacial score (nSPS) is 20.1. The highest BCUT2D eigenvalue weighted by Gasteiger charge is 2.38. The lowest BCUT2D eigenvalue weighted by Crippen LogP contribution is -2.45. The number of carbonyl (C=O) groups excluding carboxylic acids is 2. The van der Waals surface area contributed by atoms with Gasteiger partial charge in [-0.1, -0.05) is 0 Å². The van der Waals surface area contributed by atoms with Crippen LogP contribution in [0.4, 0.5) is 28.0 Å². The molecule has 2 aliphatic heterocycles. The van der Waals surface area contributed by atoms with Crippen LogP contribution in [0.25, 0.3) is 0 Å². The molecule has 2 N–H and O–H groups in total. The summed E-state index contributed by atoms with van der Waals surface area (Å²) in [4.78, 5) is 29.4. The van der Waals surface area contributed by atoms with Crippen LogP contribution in [-0.4, -0.2) is 61.4 Å². The molecule has 3 amide bonds. The van der Waals surface area contributed by atoms with Gasteiger partial charge < -0.3 is 15.1 Å². The number of fused-ring (bicyclic) bond motifs is 3. The first-order chi connectivity index (χ1) is 17.0. The average Bonchev–Trinajstić information content (AvgIpc) is 3.43. The zero-order valence-corrected chi connectivity index (χ0v) is 19.4. The Bertz CT molecular complexity index is 1320. The molecule has 2 aromatic heterocycles. The summed E-state index contributed by atoms with van der Waals surface area (Å²) in [5.74, 6) is -1.73. The number of urea groups is 1. The summed E-state index contributed by atoms with van der Waals surface area (Å²) in [6.07, 6.45) is -2.81. The highest BCUT2D eigenvalue weighted by Crippen LogP contribution is 2.34. The number of amides is 3. The number of aromatic nitrogens is 4. The highest BCUT2D eigenvalue weighted by atomic mass is 19.4. The minimum atomic E-state index is -4.89. The second kappa shape index (κ2) is 8.64. The third-order valence-corrected chi connectivity index (χ3v) is 6.64. The molecule has 36 heavy (non-hydrogen) atoms. The lowest BCUT2D eigenvalue weighted by Gasteiger charge is -2.33. The average molecular weight is 505 g/mol. The maximum atomic E-state index is 13.6. The van der Waals surface area contributed by atoms with Crippen molar-refractivity contribution in [1.29, 1.82) is 0 Å². The molecule has 190 valence electrons. The van der Waals surface area contributed by atoms with E-state index in [9.17, 15) is 27.2 Å². The Labute approximate surface area is 203 Å². The molecule has 2 atom stereocenters. The molecule has 5 rings (SSSR count). The van der Waals surface area contributed by atoms with E-state index in [0.29, 0.717) is 48.6 Å². The van der Waals surface area contributed by atoms with E-state index >= 15 is 0 Å². The molecule has 0 saturated heterocycles. The van der Waals surface area contributed by atoms with Gasteiger partial charge in [0.2, 0.25) is 0 Å². The second-order valence-corrected chi connectivity index (χ2v) is 9.14. The first-order valence-corrected chi connectivity index (χ1v) is 11.3. The molecule has 4 heterocycles.